The monoisotopic (exact) mass is 242 g/mol. The molecule has 16 heavy (non-hydrogen) atoms. The molecular weight excluding hydrogens is 224 g/mol. The van der Waals surface area contributed by atoms with Gasteiger partial charge in [0.1, 0.15) is 6.04 Å². The van der Waals surface area contributed by atoms with Gasteiger partial charge in [0.15, 0.2) is 0 Å². The van der Waals surface area contributed by atoms with Crippen molar-refractivity contribution in [2.75, 3.05) is 19.3 Å². The third-order valence-electron chi connectivity index (χ3n) is 2.62. The average molecular weight is 242 g/mol. The maximum atomic E-state index is 12.0. The molecule has 1 aliphatic rings. The first-order valence-electron chi connectivity index (χ1n) is 5.46. The lowest BCUT2D eigenvalue weighted by Crippen LogP contribution is -2.45. The molecule has 1 atom stereocenters. The van der Waals surface area contributed by atoms with E-state index in [4.69, 9.17) is 0 Å². The van der Waals surface area contributed by atoms with Crippen molar-refractivity contribution in [3.63, 3.8) is 0 Å². The third-order valence-corrected chi connectivity index (χ3v) is 3.43. The molecule has 5 heteroatoms. The van der Waals surface area contributed by atoms with Gasteiger partial charge in [0.05, 0.1) is 4.91 Å². The molecular formula is C11H18N2O2S. The molecule has 0 aromatic rings. The topological polar surface area (TPSA) is 49.4 Å². The van der Waals surface area contributed by atoms with Crippen LogP contribution in [0.2, 0.25) is 0 Å². The molecule has 2 amide bonds. The first-order chi connectivity index (χ1) is 7.61. The van der Waals surface area contributed by atoms with Crippen molar-refractivity contribution < 1.29 is 9.59 Å². The minimum atomic E-state index is -0.313. The van der Waals surface area contributed by atoms with Crippen molar-refractivity contribution in [2.24, 2.45) is 0 Å². The van der Waals surface area contributed by atoms with Gasteiger partial charge in [-0.3, -0.25) is 9.59 Å². The van der Waals surface area contributed by atoms with Crippen molar-refractivity contribution in [3.05, 3.63) is 11.5 Å². The molecule has 1 heterocycles. The van der Waals surface area contributed by atoms with E-state index in [0.29, 0.717) is 11.4 Å². The molecule has 90 valence electrons. The van der Waals surface area contributed by atoms with Gasteiger partial charge < -0.3 is 10.2 Å². The first kappa shape index (κ1) is 13.1. The Balaban J connectivity index is 2.67. The second-order valence-electron chi connectivity index (χ2n) is 3.63. The minimum absolute atomic E-state index is 0.0832. The van der Waals surface area contributed by atoms with Gasteiger partial charge >= 0.3 is 0 Å². The number of likely N-dealkylation sites (tertiary alicyclic amines) is 1. The molecule has 1 rings (SSSR count). The van der Waals surface area contributed by atoms with Crippen LogP contribution in [0.1, 0.15) is 19.8 Å². The summed E-state index contributed by atoms with van der Waals surface area (Å²) in [6.07, 6.45) is 1.63. The summed E-state index contributed by atoms with van der Waals surface area (Å²) in [6.45, 7) is 6.38. The summed E-state index contributed by atoms with van der Waals surface area (Å²) >= 11 is 1.43. The summed E-state index contributed by atoms with van der Waals surface area (Å²) in [5, 5.41) is 2.59. The minimum Gasteiger partial charge on any atom is -0.357 e. The lowest BCUT2D eigenvalue weighted by molar-refractivity contribution is -0.135. The molecule has 0 saturated carbocycles. The molecule has 0 radical (unpaired) electrons. The maximum absolute atomic E-state index is 12.0. The number of thioether (sulfide) groups is 1. The Kier molecular flexibility index (Phi) is 4.86. The van der Waals surface area contributed by atoms with Gasteiger partial charge in [0.2, 0.25) is 5.91 Å². The van der Waals surface area contributed by atoms with E-state index in [-0.39, 0.29) is 17.9 Å². The first-order valence-corrected chi connectivity index (χ1v) is 6.44. The van der Waals surface area contributed by atoms with E-state index in [1.54, 1.807) is 11.9 Å². The zero-order chi connectivity index (χ0) is 12.1. The Bertz CT molecular complexity index is 304. The molecule has 1 N–H and O–H groups in total. The number of nitrogens with one attached hydrogen (secondary N) is 1. The second-order valence-corrected chi connectivity index (χ2v) is 4.99. The fourth-order valence-corrected chi connectivity index (χ4v) is 2.43. The predicted octanol–water partition coefficient (Wildman–Crippen LogP) is 0.990. The van der Waals surface area contributed by atoms with E-state index in [1.165, 1.54) is 11.8 Å². The quantitative estimate of drug-likeness (QED) is 0.748. The van der Waals surface area contributed by atoms with E-state index in [0.717, 1.165) is 18.6 Å². The Morgan fingerprint density at radius 2 is 2.25 bits per heavy atom. The van der Waals surface area contributed by atoms with Crippen LogP contribution in [0.5, 0.6) is 0 Å². The predicted molar refractivity (Wildman–Crippen MR) is 66.1 cm³/mol. The van der Waals surface area contributed by atoms with Crippen LogP contribution >= 0.6 is 11.8 Å². The van der Waals surface area contributed by atoms with Gasteiger partial charge in [-0.2, -0.15) is 0 Å². The maximum Gasteiger partial charge on any atom is 0.260 e. The molecule has 1 fully saturated rings. The van der Waals surface area contributed by atoms with Crippen molar-refractivity contribution in [1.82, 2.24) is 10.2 Å². The fraction of sp³-hybridized carbons (Fsp3) is 0.636. The highest BCUT2D eigenvalue weighted by atomic mass is 32.2. The summed E-state index contributed by atoms with van der Waals surface area (Å²) in [6, 6.07) is -0.313. The molecule has 1 unspecified atom stereocenters. The molecule has 4 nitrogen and oxygen atoms in total. The van der Waals surface area contributed by atoms with Gasteiger partial charge in [-0.15, -0.1) is 11.8 Å². The largest absolute Gasteiger partial charge is 0.357 e. The summed E-state index contributed by atoms with van der Waals surface area (Å²) in [5.41, 5.74) is 0. The molecule has 1 aliphatic heterocycles. The van der Waals surface area contributed by atoms with Crippen molar-refractivity contribution in [2.45, 2.75) is 25.8 Å². The lowest BCUT2D eigenvalue weighted by atomic mass is 10.2. The van der Waals surface area contributed by atoms with E-state index in [1.807, 2.05) is 6.92 Å². The van der Waals surface area contributed by atoms with Crippen LogP contribution in [0, 0.1) is 0 Å². The summed E-state index contributed by atoms with van der Waals surface area (Å²) in [7, 11) is 1.60. The number of hydrogen-bond donors (Lipinski definition) is 1. The molecule has 0 spiro atoms. The number of nitrogens with zero attached hydrogens (tertiary/aromatic N) is 1. The Morgan fingerprint density at radius 3 is 2.81 bits per heavy atom. The molecule has 1 saturated heterocycles. The van der Waals surface area contributed by atoms with Crippen LogP contribution in [-0.2, 0) is 9.59 Å². The van der Waals surface area contributed by atoms with Gasteiger partial charge in [0, 0.05) is 13.6 Å². The van der Waals surface area contributed by atoms with Crippen LogP contribution < -0.4 is 5.32 Å². The Hall–Kier alpha value is -0.970. The zero-order valence-electron chi connectivity index (χ0n) is 9.78. The lowest BCUT2D eigenvalue weighted by Gasteiger charge is -2.23. The van der Waals surface area contributed by atoms with Crippen LogP contribution in [0.15, 0.2) is 11.5 Å². The average Bonchev–Trinajstić information content (AvgIpc) is 2.76. The number of likely N-dealkylation sites (N-methyl/N-ethyl adjacent to an activating group) is 1. The number of amides is 2. The van der Waals surface area contributed by atoms with Gasteiger partial charge in [-0.1, -0.05) is 13.5 Å². The van der Waals surface area contributed by atoms with Gasteiger partial charge in [0.25, 0.3) is 5.91 Å². The van der Waals surface area contributed by atoms with Crippen molar-refractivity contribution in [3.8, 4) is 0 Å². The highest BCUT2D eigenvalue weighted by Crippen LogP contribution is 2.23. The summed E-state index contributed by atoms with van der Waals surface area (Å²) in [4.78, 5) is 25.7. The van der Waals surface area contributed by atoms with E-state index < -0.39 is 0 Å². The van der Waals surface area contributed by atoms with Crippen molar-refractivity contribution >= 4 is 23.6 Å². The van der Waals surface area contributed by atoms with E-state index >= 15 is 0 Å². The van der Waals surface area contributed by atoms with Crippen LogP contribution in [0.4, 0.5) is 0 Å². The Labute approximate surface area is 100 Å². The van der Waals surface area contributed by atoms with E-state index in [9.17, 15) is 9.59 Å². The highest BCUT2D eigenvalue weighted by Gasteiger charge is 2.34. The normalized spacial score (nSPS) is 19.6. The number of carbonyl (C=O) groups excluding carboxylic acids is 2. The number of rotatable bonds is 4. The molecule has 0 bridgehead atoms. The van der Waals surface area contributed by atoms with E-state index in [2.05, 4.69) is 11.9 Å². The second kappa shape index (κ2) is 5.94. The Morgan fingerprint density at radius 1 is 1.56 bits per heavy atom. The zero-order valence-corrected chi connectivity index (χ0v) is 10.6. The van der Waals surface area contributed by atoms with Crippen LogP contribution in [0.3, 0.4) is 0 Å². The molecule has 0 aliphatic carbocycles. The molecule has 0 aromatic heterocycles. The smallest absolute Gasteiger partial charge is 0.260 e. The summed E-state index contributed by atoms with van der Waals surface area (Å²) < 4.78 is 0. The summed E-state index contributed by atoms with van der Waals surface area (Å²) in [5.74, 6) is 0.640. The molecule has 0 aromatic carbocycles. The van der Waals surface area contributed by atoms with Crippen molar-refractivity contribution in [1.29, 1.82) is 0 Å². The standard InChI is InChI=1S/C11H18N2O2S/c1-4-16-8(2)11(15)13-7-5-6-9(13)10(14)12-3/h9H,2,4-7H2,1,3H3,(H,12,14). The highest BCUT2D eigenvalue weighted by molar-refractivity contribution is 8.03. The third kappa shape index (κ3) is 2.78. The fourth-order valence-electron chi connectivity index (χ4n) is 1.85. The van der Waals surface area contributed by atoms with Gasteiger partial charge in [-0.05, 0) is 18.6 Å². The van der Waals surface area contributed by atoms with Crippen LogP contribution in [0.25, 0.3) is 0 Å². The van der Waals surface area contributed by atoms with Gasteiger partial charge in [-0.25, -0.2) is 0 Å². The van der Waals surface area contributed by atoms with Crippen LogP contribution in [-0.4, -0.2) is 42.1 Å². The SMILES string of the molecule is C=C(SCC)C(=O)N1CCCC1C(=O)NC. The number of carbonyl (C=O) groups is 2. The number of hydrogen-bond acceptors (Lipinski definition) is 3.